The first-order valence-electron chi connectivity index (χ1n) is 5.59. The molecule has 2 rings (SSSR count). The van der Waals surface area contributed by atoms with Crippen LogP contribution >= 0.6 is 11.6 Å². The third-order valence-corrected chi connectivity index (χ3v) is 4.78. The van der Waals surface area contributed by atoms with E-state index in [1.807, 2.05) is 0 Å². The van der Waals surface area contributed by atoms with Crippen LogP contribution in [-0.4, -0.2) is 21.9 Å². The molecular weight excluding hydrogens is 258 g/mol. The Morgan fingerprint density at radius 3 is 2.71 bits per heavy atom. The Morgan fingerprint density at radius 2 is 2.00 bits per heavy atom. The zero-order valence-electron chi connectivity index (χ0n) is 9.32. The minimum atomic E-state index is -1.13. The molecular formula is C12H14ClNO2S. The highest BCUT2D eigenvalue weighted by Gasteiger charge is 2.23. The van der Waals surface area contributed by atoms with E-state index < -0.39 is 10.8 Å². The van der Waals surface area contributed by atoms with Gasteiger partial charge in [-0.05, 0) is 37.1 Å². The van der Waals surface area contributed by atoms with Gasteiger partial charge in [0.1, 0.15) is 0 Å². The summed E-state index contributed by atoms with van der Waals surface area (Å²) in [6.45, 7) is 0.688. The van der Waals surface area contributed by atoms with Crippen molar-refractivity contribution in [2.75, 3.05) is 6.54 Å². The van der Waals surface area contributed by atoms with E-state index in [1.165, 1.54) is 0 Å². The number of benzene rings is 1. The molecule has 17 heavy (non-hydrogen) atoms. The summed E-state index contributed by atoms with van der Waals surface area (Å²) in [5, 5.41) is 3.34. The van der Waals surface area contributed by atoms with Crippen molar-refractivity contribution in [2.24, 2.45) is 0 Å². The minimum Gasteiger partial charge on any atom is -0.356 e. The van der Waals surface area contributed by atoms with E-state index in [9.17, 15) is 9.00 Å². The fourth-order valence-corrected chi connectivity index (χ4v) is 3.48. The highest BCUT2D eigenvalue weighted by atomic mass is 35.5. The van der Waals surface area contributed by atoms with Crippen molar-refractivity contribution in [1.82, 2.24) is 5.32 Å². The van der Waals surface area contributed by atoms with Crippen molar-refractivity contribution in [2.45, 2.75) is 29.4 Å². The smallest absolute Gasteiger partial charge is 0.221 e. The minimum absolute atomic E-state index is 0.00480. The molecule has 1 heterocycles. The first-order valence-corrected chi connectivity index (χ1v) is 7.19. The predicted molar refractivity (Wildman–Crippen MR) is 68.5 cm³/mol. The maximum absolute atomic E-state index is 12.3. The number of hydrogen-bond acceptors (Lipinski definition) is 2. The van der Waals surface area contributed by atoms with Gasteiger partial charge in [0.25, 0.3) is 0 Å². The number of carbonyl (C=O) groups is 1. The summed E-state index contributed by atoms with van der Waals surface area (Å²) in [6, 6.07) is 6.99. The number of halogens is 1. The Morgan fingerprint density at radius 1 is 1.29 bits per heavy atom. The number of nitrogens with one attached hydrogen (secondary N) is 1. The van der Waals surface area contributed by atoms with Gasteiger partial charge in [0, 0.05) is 28.1 Å². The summed E-state index contributed by atoms with van der Waals surface area (Å²) in [5.74, 6) is -0.00480. The topological polar surface area (TPSA) is 46.2 Å². The van der Waals surface area contributed by atoms with E-state index in [1.54, 1.807) is 24.3 Å². The van der Waals surface area contributed by atoms with E-state index in [0.717, 1.165) is 17.7 Å². The molecule has 1 amide bonds. The highest BCUT2D eigenvalue weighted by Crippen LogP contribution is 2.21. The van der Waals surface area contributed by atoms with E-state index in [2.05, 4.69) is 5.32 Å². The molecule has 5 heteroatoms. The monoisotopic (exact) mass is 271 g/mol. The van der Waals surface area contributed by atoms with Crippen LogP contribution in [0, 0.1) is 0 Å². The molecule has 0 spiro atoms. The van der Waals surface area contributed by atoms with Crippen LogP contribution in [-0.2, 0) is 15.6 Å². The second-order valence-corrected chi connectivity index (χ2v) is 6.24. The molecule has 2 unspecified atom stereocenters. The molecule has 1 aliphatic heterocycles. The highest BCUT2D eigenvalue weighted by molar-refractivity contribution is 7.85. The maximum Gasteiger partial charge on any atom is 0.221 e. The van der Waals surface area contributed by atoms with Crippen molar-refractivity contribution in [3.8, 4) is 0 Å². The molecule has 1 aliphatic rings. The molecule has 0 aliphatic carbocycles. The number of carbonyl (C=O) groups excluding carboxylic acids is 1. The summed E-state index contributed by atoms with van der Waals surface area (Å²) in [7, 11) is -1.13. The largest absolute Gasteiger partial charge is 0.356 e. The van der Waals surface area contributed by atoms with Crippen molar-refractivity contribution >= 4 is 28.3 Å². The van der Waals surface area contributed by atoms with Gasteiger partial charge in [-0.1, -0.05) is 11.6 Å². The zero-order valence-corrected chi connectivity index (χ0v) is 10.9. The normalized spacial score (nSPS) is 22.6. The zero-order chi connectivity index (χ0) is 12.3. The Balaban J connectivity index is 2.13. The number of rotatable bonds is 2. The fraction of sp³-hybridized carbons (Fsp3) is 0.417. The average molecular weight is 272 g/mol. The number of amides is 1. The van der Waals surface area contributed by atoms with Crippen molar-refractivity contribution in [3.05, 3.63) is 29.3 Å². The van der Waals surface area contributed by atoms with Gasteiger partial charge in [-0.3, -0.25) is 9.00 Å². The van der Waals surface area contributed by atoms with E-state index >= 15 is 0 Å². The van der Waals surface area contributed by atoms with Gasteiger partial charge in [0.15, 0.2) is 0 Å². The van der Waals surface area contributed by atoms with Gasteiger partial charge in [-0.2, -0.15) is 0 Å². The van der Waals surface area contributed by atoms with E-state index in [-0.39, 0.29) is 11.2 Å². The average Bonchev–Trinajstić information content (AvgIpc) is 2.54. The van der Waals surface area contributed by atoms with Gasteiger partial charge in [0.2, 0.25) is 5.91 Å². The lowest BCUT2D eigenvalue weighted by atomic mass is 10.2. The lowest BCUT2D eigenvalue weighted by Crippen LogP contribution is -2.25. The van der Waals surface area contributed by atoms with Gasteiger partial charge in [-0.15, -0.1) is 0 Å². The molecule has 0 aromatic heterocycles. The molecule has 0 radical (unpaired) electrons. The third-order valence-electron chi connectivity index (χ3n) is 2.79. The lowest BCUT2D eigenvalue weighted by molar-refractivity contribution is -0.120. The molecule has 0 saturated carbocycles. The first-order chi connectivity index (χ1) is 8.16. The summed E-state index contributed by atoms with van der Waals surface area (Å²) in [6.07, 6.45) is 2.04. The van der Waals surface area contributed by atoms with Crippen LogP contribution < -0.4 is 5.32 Å². The molecule has 1 fully saturated rings. The molecule has 2 atom stereocenters. The van der Waals surface area contributed by atoms with E-state index in [0.29, 0.717) is 18.0 Å². The molecule has 1 aromatic rings. The van der Waals surface area contributed by atoms with Gasteiger partial charge < -0.3 is 5.32 Å². The fourth-order valence-electron chi connectivity index (χ4n) is 1.88. The Hall–Kier alpha value is -0.870. The van der Waals surface area contributed by atoms with Crippen molar-refractivity contribution in [3.63, 3.8) is 0 Å². The summed E-state index contributed by atoms with van der Waals surface area (Å²) < 4.78 is 12.3. The Kier molecular flexibility index (Phi) is 4.18. The van der Waals surface area contributed by atoms with Gasteiger partial charge in [-0.25, -0.2) is 0 Å². The molecule has 1 N–H and O–H groups in total. The quantitative estimate of drug-likeness (QED) is 0.896. The van der Waals surface area contributed by atoms with Crippen LogP contribution in [0.5, 0.6) is 0 Å². The molecule has 1 aromatic carbocycles. The van der Waals surface area contributed by atoms with Crippen LogP contribution in [0.1, 0.15) is 19.3 Å². The van der Waals surface area contributed by atoms with Crippen LogP contribution in [0.25, 0.3) is 0 Å². The molecule has 1 saturated heterocycles. The summed E-state index contributed by atoms with van der Waals surface area (Å²) >= 11 is 5.79. The van der Waals surface area contributed by atoms with Crippen molar-refractivity contribution < 1.29 is 9.00 Å². The summed E-state index contributed by atoms with van der Waals surface area (Å²) in [4.78, 5) is 12.2. The first kappa shape index (κ1) is 12.6. The lowest BCUT2D eigenvalue weighted by Gasteiger charge is -2.12. The van der Waals surface area contributed by atoms with Gasteiger partial charge in [0.05, 0.1) is 10.8 Å². The molecule has 0 bridgehead atoms. The van der Waals surface area contributed by atoms with Crippen LogP contribution in [0.2, 0.25) is 5.02 Å². The van der Waals surface area contributed by atoms with Gasteiger partial charge >= 0.3 is 0 Å². The standard InChI is InChI=1S/C12H14ClNO2S/c13-9-3-5-10(6-4-9)17(16)11-2-1-7-14-12(15)8-11/h3-6,11H,1-2,7-8H2,(H,14,15). The Labute approximate surface area is 108 Å². The number of hydrogen-bond donors (Lipinski definition) is 1. The second kappa shape index (κ2) is 5.65. The van der Waals surface area contributed by atoms with E-state index in [4.69, 9.17) is 11.6 Å². The SMILES string of the molecule is O=C1CC(S(=O)c2ccc(Cl)cc2)CCCN1. The Bertz CT molecular complexity index is 433. The molecule has 3 nitrogen and oxygen atoms in total. The maximum atomic E-state index is 12.3. The van der Waals surface area contributed by atoms with Crippen LogP contribution in [0.3, 0.4) is 0 Å². The van der Waals surface area contributed by atoms with Crippen LogP contribution in [0.4, 0.5) is 0 Å². The van der Waals surface area contributed by atoms with Crippen LogP contribution in [0.15, 0.2) is 29.2 Å². The molecule has 92 valence electrons. The predicted octanol–water partition coefficient (Wildman–Crippen LogP) is 2.12. The second-order valence-electron chi connectivity index (χ2n) is 4.07. The van der Waals surface area contributed by atoms with Crippen molar-refractivity contribution in [1.29, 1.82) is 0 Å². The third kappa shape index (κ3) is 3.30. The summed E-state index contributed by atoms with van der Waals surface area (Å²) in [5.41, 5.74) is 0.